The minimum absolute atomic E-state index is 0.0950. The molecule has 4 rings (SSSR count). The van der Waals surface area contributed by atoms with Crippen LogP contribution in [0.15, 0.2) is 34.9 Å². The third-order valence-corrected chi connectivity index (χ3v) is 6.08. The fraction of sp³-hybridized carbons (Fsp3) is 0.565. The molecule has 0 atom stereocenters. The van der Waals surface area contributed by atoms with Gasteiger partial charge in [0.05, 0.1) is 25.3 Å². The Morgan fingerprint density at radius 1 is 1.06 bits per heavy atom. The van der Waals surface area contributed by atoms with Crippen molar-refractivity contribution >= 4 is 5.91 Å². The van der Waals surface area contributed by atoms with Crippen LogP contribution in [0.5, 0.6) is 0 Å². The van der Waals surface area contributed by atoms with E-state index in [4.69, 9.17) is 9.15 Å². The molecule has 0 bridgehead atoms. The second kappa shape index (κ2) is 10.7. The quantitative estimate of drug-likeness (QED) is 0.595. The third-order valence-electron chi connectivity index (χ3n) is 6.08. The van der Waals surface area contributed by atoms with Crippen molar-refractivity contribution in [2.24, 2.45) is 0 Å². The SMILES string of the molecule is O=C(c1coc(CN(CCN2CCOCC2)Cc2ccccc2C(F)(F)F)n1)N1CCCC1. The highest BCUT2D eigenvalue weighted by molar-refractivity contribution is 5.92. The Bertz CT molecular complexity index is 922. The number of carbonyl (C=O) groups excluding carboxylic acids is 1. The molecule has 0 N–H and O–H groups in total. The van der Waals surface area contributed by atoms with Crippen molar-refractivity contribution in [3.63, 3.8) is 0 Å². The number of hydrogen-bond acceptors (Lipinski definition) is 6. The van der Waals surface area contributed by atoms with Gasteiger partial charge in [0.2, 0.25) is 5.89 Å². The molecule has 2 fully saturated rings. The molecule has 10 heteroatoms. The number of ether oxygens (including phenoxy) is 1. The van der Waals surface area contributed by atoms with Crippen molar-refractivity contribution in [2.75, 3.05) is 52.5 Å². The monoisotopic (exact) mass is 466 g/mol. The number of hydrogen-bond donors (Lipinski definition) is 0. The molecule has 0 radical (unpaired) electrons. The summed E-state index contributed by atoms with van der Waals surface area (Å²) in [6.45, 7) is 5.84. The van der Waals surface area contributed by atoms with Crippen molar-refractivity contribution in [3.05, 3.63) is 53.2 Å². The van der Waals surface area contributed by atoms with Gasteiger partial charge < -0.3 is 14.1 Å². The first-order chi connectivity index (χ1) is 15.9. The van der Waals surface area contributed by atoms with Gasteiger partial charge in [-0.2, -0.15) is 13.2 Å². The lowest BCUT2D eigenvalue weighted by Crippen LogP contribution is -2.41. The zero-order valence-electron chi connectivity index (χ0n) is 18.5. The summed E-state index contributed by atoms with van der Waals surface area (Å²) in [5.41, 5.74) is -0.193. The fourth-order valence-corrected chi connectivity index (χ4v) is 4.25. The molecule has 1 aromatic heterocycles. The molecule has 3 heterocycles. The predicted octanol–water partition coefficient (Wildman–Crippen LogP) is 3.26. The smallest absolute Gasteiger partial charge is 0.416 e. The number of halogens is 3. The van der Waals surface area contributed by atoms with Crippen molar-refractivity contribution in [2.45, 2.75) is 32.1 Å². The zero-order valence-corrected chi connectivity index (χ0v) is 18.5. The average molecular weight is 467 g/mol. The molecule has 2 aromatic rings. The van der Waals surface area contributed by atoms with Crippen LogP contribution in [-0.2, 0) is 24.0 Å². The van der Waals surface area contributed by atoms with E-state index < -0.39 is 11.7 Å². The van der Waals surface area contributed by atoms with E-state index >= 15 is 0 Å². The van der Waals surface area contributed by atoms with Crippen molar-refractivity contribution in [1.29, 1.82) is 0 Å². The van der Waals surface area contributed by atoms with E-state index in [0.29, 0.717) is 45.3 Å². The number of amides is 1. The summed E-state index contributed by atoms with van der Waals surface area (Å²) >= 11 is 0. The van der Waals surface area contributed by atoms with Gasteiger partial charge in [-0.1, -0.05) is 18.2 Å². The molecule has 0 saturated carbocycles. The Kier molecular flexibility index (Phi) is 7.67. The molecule has 2 aliphatic heterocycles. The van der Waals surface area contributed by atoms with E-state index in [9.17, 15) is 18.0 Å². The summed E-state index contributed by atoms with van der Waals surface area (Å²) in [4.78, 5) is 22.8. The molecule has 2 aliphatic rings. The van der Waals surface area contributed by atoms with Crippen LogP contribution in [-0.4, -0.2) is 78.1 Å². The van der Waals surface area contributed by atoms with Gasteiger partial charge in [0.1, 0.15) is 6.26 Å². The summed E-state index contributed by atoms with van der Waals surface area (Å²) in [5.74, 6) is 0.161. The summed E-state index contributed by atoms with van der Waals surface area (Å²) in [6, 6.07) is 5.62. The maximum atomic E-state index is 13.5. The lowest BCUT2D eigenvalue weighted by molar-refractivity contribution is -0.138. The Labute approximate surface area is 191 Å². The number of carbonyl (C=O) groups is 1. The largest absolute Gasteiger partial charge is 0.447 e. The number of rotatable bonds is 8. The van der Waals surface area contributed by atoms with Crippen LogP contribution in [0.1, 0.15) is 40.3 Å². The normalized spacial score (nSPS) is 17.8. The molecule has 1 amide bonds. The summed E-state index contributed by atoms with van der Waals surface area (Å²) in [7, 11) is 0. The van der Waals surface area contributed by atoms with Crippen LogP contribution in [0, 0.1) is 0 Å². The number of nitrogens with zero attached hydrogens (tertiary/aromatic N) is 4. The Morgan fingerprint density at radius 2 is 1.79 bits per heavy atom. The number of alkyl halides is 3. The van der Waals surface area contributed by atoms with Crippen molar-refractivity contribution in [3.8, 4) is 0 Å². The lowest BCUT2D eigenvalue weighted by Gasteiger charge is -2.30. The summed E-state index contributed by atoms with van der Waals surface area (Å²) < 4.78 is 51.5. The van der Waals surface area contributed by atoms with Gasteiger partial charge >= 0.3 is 6.18 Å². The van der Waals surface area contributed by atoms with Crippen LogP contribution in [0.25, 0.3) is 0 Å². The Balaban J connectivity index is 1.47. The minimum Gasteiger partial charge on any atom is -0.447 e. The van der Waals surface area contributed by atoms with Crippen molar-refractivity contribution in [1.82, 2.24) is 19.7 Å². The molecular formula is C23H29F3N4O3. The summed E-state index contributed by atoms with van der Waals surface area (Å²) in [5, 5.41) is 0. The molecule has 0 aliphatic carbocycles. The number of aromatic nitrogens is 1. The number of oxazole rings is 1. The first-order valence-corrected chi connectivity index (χ1v) is 11.3. The van der Waals surface area contributed by atoms with Crippen LogP contribution in [0.3, 0.4) is 0 Å². The predicted molar refractivity (Wildman–Crippen MR) is 114 cm³/mol. The average Bonchev–Trinajstić information content (AvgIpc) is 3.50. The number of likely N-dealkylation sites (tertiary alicyclic amines) is 1. The second-order valence-corrected chi connectivity index (χ2v) is 8.45. The first kappa shape index (κ1) is 23.7. The van der Waals surface area contributed by atoms with E-state index in [1.807, 2.05) is 4.90 Å². The van der Waals surface area contributed by atoms with E-state index in [0.717, 1.165) is 32.0 Å². The summed E-state index contributed by atoms with van der Waals surface area (Å²) in [6.07, 6.45) is -1.13. The minimum atomic E-state index is -4.43. The standard InChI is InChI=1S/C23H29F3N4O3/c24-23(25,26)19-6-2-1-5-18(19)15-29(10-9-28-11-13-32-14-12-28)16-21-27-20(17-33-21)22(31)30-7-3-4-8-30/h1-2,5-6,17H,3-4,7-16H2. The van der Waals surface area contributed by atoms with Gasteiger partial charge in [-0.25, -0.2) is 4.98 Å². The third kappa shape index (κ3) is 6.33. The van der Waals surface area contributed by atoms with Crippen LogP contribution >= 0.6 is 0 Å². The molecule has 2 saturated heterocycles. The van der Waals surface area contributed by atoms with Gasteiger partial charge in [-0.3, -0.25) is 14.6 Å². The maximum absolute atomic E-state index is 13.5. The Hall–Kier alpha value is -2.43. The molecule has 1 aromatic carbocycles. The second-order valence-electron chi connectivity index (χ2n) is 8.45. The fourth-order valence-electron chi connectivity index (χ4n) is 4.25. The maximum Gasteiger partial charge on any atom is 0.416 e. The van der Waals surface area contributed by atoms with Gasteiger partial charge in [0.15, 0.2) is 5.69 Å². The molecular weight excluding hydrogens is 437 g/mol. The van der Waals surface area contributed by atoms with E-state index in [-0.39, 0.29) is 30.3 Å². The Morgan fingerprint density at radius 3 is 2.52 bits per heavy atom. The zero-order chi connectivity index (χ0) is 23.3. The van der Waals surface area contributed by atoms with Crippen LogP contribution in [0.2, 0.25) is 0 Å². The van der Waals surface area contributed by atoms with Crippen LogP contribution in [0.4, 0.5) is 13.2 Å². The van der Waals surface area contributed by atoms with Crippen LogP contribution < -0.4 is 0 Å². The van der Waals surface area contributed by atoms with Crippen molar-refractivity contribution < 1.29 is 27.1 Å². The number of benzene rings is 1. The first-order valence-electron chi connectivity index (χ1n) is 11.3. The van der Waals surface area contributed by atoms with E-state index in [1.54, 1.807) is 11.0 Å². The topological polar surface area (TPSA) is 62.1 Å². The highest BCUT2D eigenvalue weighted by atomic mass is 19.4. The molecule has 0 spiro atoms. The van der Waals surface area contributed by atoms with Gasteiger partial charge in [0.25, 0.3) is 5.91 Å². The highest BCUT2D eigenvalue weighted by Gasteiger charge is 2.33. The molecule has 180 valence electrons. The van der Waals surface area contributed by atoms with Gasteiger partial charge in [-0.05, 0) is 24.5 Å². The molecule has 33 heavy (non-hydrogen) atoms. The molecule has 0 unspecified atom stereocenters. The highest BCUT2D eigenvalue weighted by Crippen LogP contribution is 2.32. The van der Waals surface area contributed by atoms with E-state index in [1.165, 1.54) is 18.4 Å². The van der Waals surface area contributed by atoms with E-state index in [2.05, 4.69) is 9.88 Å². The molecule has 7 nitrogen and oxygen atoms in total. The van der Waals surface area contributed by atoms with Gasteiger partial charge in [0, 0.05) is 45.8 Å². The van der Waals surface area contributed by atoms with Gasteiger partial charge in [-0.15, -0.1) is 0 Å². The lowest BCUT2D eigenvalue weighted by atomic mass is 10.1. The number of morpholine rings is 1.